The SMILES string of the molecule is F[B-](F)(F)F.c1ccc(Cc2ccc3ccccc3c2-c2c([I+]c3ccccc3)ccc3ccccc23)cc1. The molecule has 0 amide bonds. The molecule has 194 valence electrons. The zero-order valence-electron chi connectivity index (χ0n) is 20.9. The third-order valence-corrected chi connectivity index (χ3v) is 9.15. The average Bonchev–Trinajstić information content (AvgIpc) is 2.93. The third kappa shape index (κ3) is 6.87. The first kappa shape index (κ1) is 26.9. The molecule has 0 aliphatic rings. The van der Waals surface area contributed by atoms with Gasteiger partial charge in [0, 0.05) is 5.56 Å². The summed E-state index contributed by atoms with van der Waals surface area (Å²) in [7, 11) is -6.00. The smallest absolute Gasteiger partial charge is 0.418 e. The molecule has 0 saturated carbocycles. The number of hydrogen-bond donors (Lipinski definition) is 0. The maximum absolute atomic E-state index is 9.75. The van der Waals surface area contributed by atoms with Crippen molar-refractivity contribution in [3.8, 4) is 11.1 Å². The van der Waals surface area contributed by atoms with Crippen molar-refractivity contribution in [2.75, 3.05) is 0 Å². The van der Waals surface area contributed by atoms with Crippen LogP contribution in [-0.4, -0.2) is 7.25 Å². The lowest BCUT2D eigenvalue weighted by atomic mass is 9.88. The van der Waals surface area contributed by atoms with Crippen molar-refractivity contribution in [3.05, 3.63) is 152 Å². The van der Waals surface area contributed by atoms with Gasteiger partial charge in [-0.3, -0.25) is 0 Å². The zero-order chi connectivity index (χ0) is 27.2. The predicted octanol–water partition coefficient (Wildman–Crippen LogP) is 6.68. The van der Waals surface area contributed by atoms with E-state index in [9.17, 15) is 17.3 Å². The van der Waals surface area contributed by atoms with Crippen molar-refractivity contribution in [1.82, 2.24) is 0 Å². The summed E-state index contributed by atoms with van der Waals surface area (Å²) in [6, 6.07) is 48.9. The van der Waals surface area contributed by atoms with Gasteiger partial charge in [-0.1, -0.05) is 109 Å². The maximum Gasteiger partial charge on any atom is 0.673 e. The number of benzene rings is 6. The van der Waals surface area contributed by atoms with Gasteiger partial charge in [-0.2, -0.15) is 0 Å². The molecule has 0 heterocycles. The van der Waals surface area contributed by atoms with E-state index in [-0.39, 0.29) is 21.2 Å². The summed E-state index contributed by atoms with van der Waals surface area (Å²) in [5.41, 5.74) is 5.54. The van der Waals surface area contributed by atoms with Gasteiger partial charge in [0.05, 0.1) is 0 Å². The van der Waals surface area contributed by atoms with E-state index in [0.717, 1.165) is 6.42 Å². The van der Waals surface area contributed by atoms with Crippen molar-refractivity contribution in [3.63, 3.8) is 0 Å². The van der Waals surface area contributed by atoms with Crippen LogP contribution in [0.5, 0.6) is 0 Å². The van der Waals surface area contributed by atoms with Crippen molar-refractivity contribution in [1.29, 1.82) is 0 Å². The summed E-state index contributed by atoms with van der Waals surface area (Å²) in [4.78, 5) is 0. The molecule has 6 aromatic carbocycles. The van der Waals surface area contributed by atoms with E-state index < -0.39 is 7.25 Å². The lowest BCUT2D eigenvalue weighted by molar-refractivity contribution is -0.596. The Bertz CT molecular complexity index is 1570. The van der Waals surface area contributed by atoms with Crippen LogP contribution in [0.1, 0.15) is 11.1 Å². The van der Waals surface area contributed by atoms with E-state index >= 15 is 0 Å². The Balaban J connectivity index is 0.000000567. The molecule has 6 rings (SSSR count). The number of hydrogen-bond acceptors (Lipinski definition) is 0. The number of fused-ring (bicyclic) bond motifs is 2. The van der Waals surface area contributed by atoms with Crippen LogP contribution < -0.4 is 21.2 Å². The second-order valence-corrected chi connectivity index (χ2v) is 12.0. The van der Waals surface area contributed by atoms with Gasteiger partial charge in [0.2, 0.25) is 3.57 Å². The summed E-state index contributed by atoms with van der Waals surface area (Å²) in [6.45, 7) is 0. The van der Waals surface area contributed by atoms with Gasteiger partial charge in [-0.05, 0) is 68.9 Å². The van der Waals surface area contributed by atoms with Crippen molar-refractivity contribution in [2.45, 2.75) is 6.42 Å². The Labute approximate surface area is 235 Å². The van der Waals surface area contributed by atoms with Crippen LogP contribution >= 0.6 is 0 Å². The van der Waals surface area contributed by atoms with E-state index in [1.54, 1.807) is 0 Å². The Hall–Kier alpha value is -3.65. The molecule has 0 aromatic heterocycles. The molecule has 0 spiro atoms. The van der Waals surface area contributed by atoms with E-state index in [2.05, 4.69) is 133 Å². The van der Waals surface area contributed by atoms with Crippen LogP contribution in [0.15, 0.2) is 133 Å². The lowest BCUT2D eigenvalue weighted by Crippen LogP contribution is -3.61. The van der Waals surface area contributed by atoms with Crippen molar-refractivity contribution < 1.29 is 38.5 Å². The molecule has 0 bridgehead atoms. The normalized spacial score (nSPS) is 11.3. The summed E-state index contributed by atoms with van der Waals surface area (Å²) in [6.07, 6.45) is 0.924. The van der Waals surface area contributed by atoms with Gasteiger partial charge in [0.25, 0.3) is 0 Å². The molecular formula is C33H24BF4I. The molecule has 0 fully saturated rings. The highest BCUT2D eigenvalue weighted by atomic mass is 127. The fraction of sp³-hybridized carbons (Fsp3) is 0.0303. The van der Waals surface area contributed by atoms with Crippen molar-refractivity contribution >= 4 is 28.8 Å². The first-order valence-electron chi connectivity index (χ1n) is 12.5. The lowest BCUT2D eigenvalue weighted by Gasteiger charge is -2.16. The van der Waals surface area contributed by atoms with Crippen LogP contribution in [0.25, 0.3) is 32.7 Å². The Morgan fingerprint density at radius 1 is 0.487 bits per heavy atom. The minimum Gasteiger partial charge on any atom is -0.418 e. The van der Waals surface area contributed by atoms with Crippen LogP contribution in [0, 0.1) is 7.14 Å². The Morgan fingerprint density at radius 2 is 0.974 bits per heavy atom. The molecule has 6 heteroatoms. The molecule has 0 atom stereocenters. The van der Waals surface area contributed by atoms with E-state index in [1.807, 2.05) is 0 Å². The molecule has 0 aliphatic carbocycles. The zero-order valence-corrected chi connectivity index (χ0v) is 23.0. The van der Waals surface area contributed by atoms with Crippen LogP contribution in [-0.2, 0) is 6.42 Å². The van der Waals surface area contributed by atoms with E-state index in [0.29, 0.717) is 0 Å². The summed E-state index contributed by atoms with van der Waals surface area (Å²) in [5.74, 6) is 0. The molecule has 0 unspecified atom stereocenters. The number of halogens is 5. The fourth-order valence-corrected chi connectivity index (χ4v) is 7.38. The highest BCUT2D eigenvalue weighted by Crippen LogP contribution is 2.37. The molecule has 39 heavy (non-hydrogen) atoms. The molecule has 0 aliphatic heterocycles. The molecule has 0 N–H and O–H groups in total. The predicted molar refractivity (Wildman–Crippen MR) is 150 cm³/mol. The summed E-state index contributed by atoms with van der Waals surface area (Å²) >= 11 is -0.323. The van der Waals surface area contributed by atoms with Gasteiger partial charge < -0.3 is 17.3 Å². The molecule has 0 saturated heterocycles. The van der Waals surface area contributed by atoms with Gasteiger partial charge in [-0.25, -0.2) is 0 Å². The first-order chi connectivity index (χ1) is 18.9. The number of rotatable bonds is 5. The highest BCUT2D eigenvalue weighted by molar-refractivity contribution is 6.50. The van der Waals surface area contributed by atoms with E-state index in [4.69, 9.17) is 0 Å². The van der Waals surface area contributed by atoms with Crippen LogP contribution in [0.3, 0.4) is 0 Å². The standard InChI is InChI=1S/C33H24I.BF4/c1-3-11-24(12-4-1)23-27-20-19-25-13-7-9-17-29(25)32(27)33-30-18-10-8-14-26(30)21-22-31(33)34-28-15-5-2-6-16-28;2-1(3,4)5/h1-22H,23H2;/q+1;-1. The Morgan fingerprint density at radius 3 is 1.59 bits per heavy atom. The first-order valence-corrected chi connectivity index (χ1v) is 14.7. The molecule has 0 radical (unpaired) electrons. The minimum atomic E-state index is -6.00. The van der Waals surface area contributed by atoms with E-state index in [1.165, 1.54) is 50.9 Å². The van der Waals surface area contributed by atoms with Gasteiger partial charge in [0.1, 0.15) is 0 Å². The van der Waals surface area contributed by atoms with Gasteiger partial charge in [0.15, 0.2) is 3.57 Å². The minimum absolute atomic E-state index is 0.323. The Kier molecular flexibility index (Phi) is 8.31. The van der Waals surface area contributed by atoms with Crippen molar-refractivity contribution in [2.24, 2.45) is 0 Å². The van der Waals surface area contributed by atoms with Gasteiger partial charge >= 0.3 is 28.5 Å². The largest absolute Gasteiger partial charge is 0.673 e. The van der Waals surface area contributed by atoms with Crippen LogP contribution in [0.2, 0.25) is 0 Å². The average molecular weight is 634 g/mol. The molecule has 0 nitrogen and oxygen atoms in total. The maximum atomic E-state index is 9.75. The van der Waals surface area contributed by atoms with Gasteiger partial charge in [-0.15, -0.1) is 0 Å². The quantitative estimate of drug-likeness (QED) is 0.113. The summed E-state index contributed by atoms with van der Waals surface area (Å²) in [5, 5.41) is 5.29. The second kappa shape index (κ2) is 12.0. The topological polar surface area (TPSA) is 0 Å². The third-order valence-electron chi connectivity index (χ3n) is 6.32. The highest BCUT2D eigenvalue weighted by Gasteiger charge is 2.25. The second-order valence-electron chi connectivity index (χ2n) is 9.01. The molecule has 6 aromatic rings. The van der Waals surface area contributed by atoms with Crippen LogP contribution in [0.4, 0.5) is 17.3 Å². The fourth-order valence-electron chi connectivity index (χ4n) is 4.75. The monoisotopic (exact) mass is 634 g/mol. The molecular weight excluding hydrogens is 610 g/mol. The summed E-state index contributed by atoms with van der Waals surface area (Å²) < 4.78 is 41.9.